The van der Waals surface area contributed by atoms with Gasteiger partial charge in [-0.1, -0.05) is 45.4 Å². The smallest absolute Gasteiger partial charge is 0.175 e. The number of aryl methyl sites for hydroxylation is 1. The van der Waals surface area contributed by atoms with Crippen molar-refractivity contribution in [2.45, 2.75) is 11.8 Å². The highest BCUT2D eigenvalue weighted by Gasteiger charge is 2.17. The van der Waals surface area contributed by atoms with Crippen LogP contribution < -0.4 is 0 Å². The summed E-state index contributed by atoms with van der Waals surface area (Å²) in [6, 6.07) is 14.5. The summed E-state index contributed by atoms with van der Waals surface area (Å²) in [5, 5.41) is 4.14. The Balaban J connectivity index is 2.10. The maximum absolute atomic E-state index is 11.6. The fourth-order valence-electron chi connectivity index (χ4n) is 2.39. The number of aromatic nitrogens is 1. The van der Waals surface area contributed by atoms with Gasteiger partial charge in [0.2, 0.25) is 0 Å². The normalized spacial score (nSPS) is 11.6. The van der Waals surface area contributed by atoms with Gasteiger partial charge < -0.3 is 4.52 Å². The predicted octanol–water partition coefficient (Wildman–Crippen LogP) is 4.48. The highest BCUT2D eigenvalue weighted by molar-refractivity contribution is 9.10. The van der Waals surface area contributed by atoms with Gasteiger partial charge in [-0.3, -0.25) is 0 Å². The molecule has 4 nitrogen and oxygen atoms in total. The van der Waals surface area contributed by atoms with Crippen LogP contribution in [0.3, 0.4) is 0 Å². The van der Waals surface area contributed by atoms with Gasteiger partial charge in [0.1, 0.15) is 11.5 Å². The topological polar surface area (TPSA) is 60.2 Å². The van der Waals surface area contributed by atoms with E-state index in [2.05, 4.69) is 21.1 Å². The molecule has 23 heavy (non-hydrogen) atoms. The molecule has 0 saturated heterocycles. The van der Waals surface area contributed by atoms with Crippen LogP contribution in [0.2, 0.25) is 0 Å². The molecule has 0 amide bonds. The Morgan fingerprint density at radius 1 is 0.957 bits per heavy atom. The Morgan fingerprint density at radius 2 is 1.52 bits per heavy atom. The van der Waals surface area contributed by atoms with E-state index in [4.69, 9.17) is 4.52 Å². The van der Waals surface area contributed by atoms with E-state index in [1.807, 2.05) is 31.2 Å². The predicted molar refractivity (Wildman–Crippen MR) is 92.9 cm³/mol. The van der Waals surface area contributed by atoms with Crippen LogP contribution in [0.1, 0.15) is 5.76 Å². The first-order valence-electron chi connectivity index (χ1n) is 6.89. The van der Waals surface area contributed by atoms with E-state index >= 15 is 0 Å². The van der Waals surface area contributed by atoms with E-state index < -0.39 is 9.84 Å². The summed E-state index contributed by atoms with van der Waals surface area (Å²) < 4.78 is 29.5. The number of hydrogen-bond donors (Lipinski definition) is 0. The summed E-state index contributed by atoms with van der Waals surface area (Å²) in [6.45, 7) is 1.86. The molecule has 0 radical (unpaired) electrons. The zero-order valence-electron chi connectivity index (χ0n) is 12.6. The highest BCUT2D eigenvalue weighted by Crippen LogP contribution is 2.35. The van der Waals surface area contributed by atoms with Crippen molar-refractivity contribution >= 4 is 25.8 Å². The lowest BCUT2D eigenvalue weighted by Gasteiger charge is -2.04. The minimum Gasteiger partial charge on any atom is -0.360 e. The Labute approximate surface area is 143 Å². The van der Waals surface area contributed by atoms with Gasteiger partial charge in [0, 0.05) is 16.3 Å². The average molecular weight is 392 g/mol. The molecule has 118 valence electrons. The van der Waals surface area contributed by atoms with Crippen LogP contribution in [0.15, 0.2) is 62.4 Å². The molecule has 0 spiro atoms. The lowest BCUT2D eigenvalue weighted by Crippen LogP contribution is -1.96. The monoisotopic (exact) mass is 391 g/mol. The molecule has 3 rings (SSSR count). The van der Waals surface area contributed by atoms with Gasteiger partial charge in [0.15, 0.2) is 9.84 Å². The van der Waals surface area contributed by atoms with Crippen molar-refractivity contribution in [3.63, 3.8) is 0 Å². The van der Waals surface area contributed by atoms with Crippen LogP contribution in [0.5, 0.6) is 0 Å². The molecule has 0 atom stereocenters. The van der Waals surface area contributed by atoms with Crippen molar-refractivity contribution in [2.24, 2.45) is 0 Å². The van der Waals surface area contributed by atoms with E-state index in [0.29, 0.717) is 5.69 Å². The first-order valence-corrected chi connectivity index (χ1v) is 9.57. The van der Waals surface area contributed by atoms with E-state index in [-0.39, 0.29) is 4.90 Å². The Bertz CT molecular complexity index is 943. The number of rotatable bonds is 3. The number of hydrogen-bond acceptors (Lipinski definition) is 4. The second-order valence-electron chi connectivity index (χ2n) is 5.27. The molecule has 1 aromatic heterocycles. The third kappa shape index (κ3) is 3.23. The van der Waals surface area contributed by atoms with Gasteiger partial charge >= 0.3 is 0 Å². The van der Waals surface area contributed by atoms with Crippen molar-refractivity contribution < 1.29 is 12.9 Å². The fourth-order valence-corrected chi connectivity index (χ4v) is 3.28. The van der Waals surface area contributed by atoms with Gasteiger partial charge in [0.05, 0.1) is 10.5 Å². The number of benzene rings is 2. The Morgan fingerprint density at radius 3 is 2.09 bits per heavy atom. The third-order valence-electron chi connectivity index (χ3n) is 3.55. The molecule has 0 aliphatic carbocycles. The molecule has 3 aromatic rings. The van der Waals surface area contributed by atoms with Crippen LogP contribution in [0.4, 0.5) is 0 Å². The van der Waals surface area contributed by atoms with E-state index in [9.17, 15) is 8.42 Å². The summed E-state index contributed by atoms with van der Waals surface area (Å²) >= 11 is 3.42. The first kappa shape index (κ1) is 16.0. The molecule has 0 aliphatic heterocycles. The van der Waals surface area contributed by atoms with Gasteiger partial charge in [-0.2, -0.15) is 0 Å². The molecule has 0 N–H and O–H groups in total. The van der Waals surface area contributed by atoms with E-state index in [0.717, 1.165) is 26.9 Å². The fraction of sp³-hybridized carbons (Fsp3) is 0.118. The molecular formula is C17H14BrNO3S. The SMILES string of the molecule is Cc1onc(-c2ccc(S(C)(=O)=O)cc2)c1-c1ccc(Br)cc1. The van der Waals surface area contributed by atoms with Crippen LogP contribution in [-0.2, 0) is 9.84 Å². The quantitative estimate of drug-likeness (QED) is 0.659. The minimum absolute atomic E-state index is 0.284. The van der Waals surface area contributed by atoms with Crippen molar-refractivity contribution in [2.75, 3.05) is 6.26 Å². The lowest BCUT2D eigenvalue weighted by atomic mass is 10.00. The second kappa shape index (κ2) is 5.94. The van der Waals surface area contributed by atoms with Crippen molar-refractivity contribution in [1.82, 2.24) is 5.16 Å². The average Bonchev–Trinajstić information content (AvgIpc) is 2.89. The largest absolute Gasteiger partial charge is 0.360 e. The minimum atomic E-state index is -3.21. The molecule has 0 bridgehead atoms. The van der Waals surface area contributed by atoms with Crippen LogP contribution in [-0.4, -0.2) is 19.8 Å². The van der Waals surface area contributed by atoms with Crippen LogP contribution in [0.25, 0.3) is 22.4 Å². The van der Waals surface area contributed by atoms with Crippen molar-refractivity contribution in [3.8, 4) is 22.4 Å². The zero-order valence-corrected chi connectivity index (χ0v) is 15.0. The Kier molecular flexibility index (Phi) is 4.12. The maximum atomic E-state index is 11.6. The van der Waals surface area contributed by atoms with E-state index in [1.165, 1.54) is 6.26 Å². The van der Waals surface area contributed by atoms with Crippen molar-refractivity contribution in [3.05, 3.63) is 58.8 Å². The molecule has 1 heterocycles. The Hall–Kier alpha value is -1.92. The van der Waals surface area contributed by atoms with Crippen LogP contribution >= 0.6 is 15.9 Å². The lowest BCUT2D eigenvalue weighted by molar-refractivity contribution is 0.400. The standard InChI is InChI=1S/C17H14BrNO3S/c1-11-16(12-3-7-14(18)8-4-12)17(19-22-11)13-5-9-15(10-6-13)23(2,20)21/h3-10H,1-2H3. The molecule has 2 aromatic carbocycles. The summed E-state index contributed by atoms with van der Waals surface area (Å²) in [7, 11) is -3.21. The molecular weight excluding hydrogens is 378 g/mol. The molecule has 0 unspecified atom stereocenters. The summed E-state index contributed by atoms with van der Waals surface area (Å²) in [4.78, 5) is 0.284. The molecule has 6 heteroatoms. The molecule has 0 aliphatic rings. The summed E-state index contributed by atoms with van der Waals surface area (Å²) in [5.74, 6) is 0.717. The maximum Gasteiger partial charge on any atom is 0.175 e. The summed E-state index contributed by atoms with van der Waals surface area (Å²) in [5.41, 5.74) is 3.41. The second-order valence-corrected chi connectivity index (χ2v) is 8.20. The van der Waals surface area contributed by atoms with Crippen LogP contribution in [0, 0.1) is 6.92 Å². The summed E-state index contributed by atoms with van der Waals surface area (Å²) in [6.07, 6.45) is 1.19. The van der Waals surface area contributed by atoms with E-state index in [1.54, 1.807) is 24.3 Å². The van der Waals surface area contributed by atoms with Gasteiger partial charge in [0.25, 0.3) is 0 Å². The zero-order chi connectivity index (χ0) is 16.6. The number of halogens is 1. The van der Waals surface area contributed by atoms with Gasteiger partial charge in [-0.25, -0.2) is 8.42 Å². The molecule has 0 saturated carbocycles. The van der Waals surface area contributed by atoms with Gasteiger partial charge in [-0.15, -0.1) is 0 Å². The first-order chi connectivity index (χ1) is 10.9. The third-order valence-corrected chi connectivity index (χ3v) is 5.21. The van der Waals surface area contributed by atoms with Crippen molar-refractivity contribution in [1.29, 1.82) is 0 Å². The molecule has 0 fully saturated rings. The number of nitrogens with zero attached hydrogens (tertiary/aromatic N) is 1. The highest BCUT2D eigenvalue weighted by atomic mass is 79.9. The number of sulfone groups is 1. The van der Waals surface area contributed by atoms with Gasteiger partial charge in [-0.05, 0) is 36.8 Å².